The number of hydrogen-bond donors (Lipinski definition) is 2. The van der Waals surface area contributed by atoms with E-state index in [0.717, 1.165) is 12.8 Å². The van der Waals surface area contributed by atoms with Gasteiger partial charge < -0.3 is 11.1 Å². The van der Waals surface area contributed by atoms with Crippen LogP contribution in [0.25, 0.3) is 0 Å². The van der Waals surface area contributed by atoms with Crippen LogP contribution >= 0.6 is 0 Å². The Morgan fingerprint density at radius 3 is 2.60 bits per heavy atom. The molecule has 0 saturated heterocycles. The summed E-state index contributed by atoms with van der Waals surface area (Å²) >= 11 is 0. The molecule has 0 rings (SSSR count). The smallest absolute Gasteiger partial charge is 0.223 e. The number of hydrogen-bond acceptors (Lipinski definition) is 2. The summed E-state index contributed by atoms with van der Waals surface area (Å²) in [4.78, 5) is 10.3. The molecular weight excluding hydrogens is 128 g/mol. The molecule has 0 atom stereocenters. The van der Waals surface area contributed by atoms with Gasteiger partial charge in [-0.05, 0) is 12.8 Å². The zero-order valence-electron chi connectivity index (χ0n) is 6.31. The Hall–Kier alpha value is -0.860. The molecule has 0 aliphatic heterocycles. The van der Waals surface area contributed by atoms with E-state index in [0.29, 0.717) is 12.1 Å². The van der Waals surface area contributed by atoms with Gasteiger partial charge in [-0.3, -0.25) is 4.79 Å². The van der Waals surface area contributed by atoms with E-state index >= 15 is 0 Å². The highest BCUT2D eigenvalue weighted by Gasteiger charge is 1.99. The highest BCUT2D eigenvalue weighted by atomic mass is 16.1. The van der Waals surface area contributed by atoms with E-state index in [1.54, 1.807) is 0 Å². The third-order valence-electron chi connectivity index (χ3n) is 1.22. The maximum absolute atomic E-state index is 10.3. The topological polar surface area (TPSA) is 66.9 Å². The lowest BCUT2D eigenvalue weighted by Gasteiger charge is -1.97. The van der Waals surface area contributed by atoms with Crippen molar-refractivity contribution in [2.75, 3.05) is 0 Å². The quantitative estimate of drug-likeness (QED) is 0.554. The number of rotatable bonds is 5. The first kappa shape index (κ1) is 9.14. The molecule has 0 aliphatic rings. The summed E-state index contributed by atoms with van der Waals surface area (Å²) in [6.45, 7) is 2.05. The second-order valence-corrected chi connectivity index (χ2v) is 2.35. The van der Waals surface area contributed by atoms with Crippen LogP contribution in [-0.2, 0) is 4.79 Å². The Morgan fingerprint density at radius 2 is 2.20 bits per heavy atom. The van der Waals surface area contributed by atoms with Gasteiger partial charge in [-0.2, -0.15) is 0 Å². The van der Waals surface area contributed by atoms with E-state index < -0.39 is 5.91 Å². The van der Waals surface area contributed by atoms with Crippen molar-refractivity contribution in [3.05, 3.63) is 0 Å². The standard InChI is InChI=1S/C7H14N2O/c1-2-3-4-6(8)5-7(9)10/h8H,2-5H2,1H3,(H2,9,10). The molecule has 0 radical (unpaired) electrons. The van der Waals surface area contributed by atoms with Gasteiger partial charge >= 0.3 is 0 Å². The molecule has 10 heavy (non-hydrogen) atoms. The minimum atomic E-state index is -0.402. The Balaban J connectivity index is 3.35. The lowest BCUT2D eigenvalue weighted by Crippen LogP contribution is -2.15. The Morgan fingerprint density at radius 1 is 1.60 bits per heavy atom. The molecule has 0 fully saturated rings. The lowest BCUT2D eigenvalue weighted by molar-refractivity contribution is -0.116. The Labute approximate surface area is 61.1 Å². The number of primary amides is 1. The van der Waals surface area contributed by atoms with Crippen molar-refractivity contribution in [3.8, 4) is 0 Å². The highest BCUT2D eigenvalue weighted by Crippen LogP contribution is 1.97. The predicted octanol–water partition coefficient (Wildman–Crippen LogP) is 1.07. The van der Waals surface area contributed by atoms with Gasteiger partial charge in [-0.1, -0.05) is 13.3 Å². The van der Waals surface area contributed by atoms with Crippen molar-refractivity contribution in [1.29, 1.82) is 5.41 Å². The van der Waals surface area contributed by atoms with Gasteiger partial charge in [0.1, 0.15) is 0 Å². The van der Waals surface area contributed by atoms with Crippen LogP contribution < -0.4 is 5.73 Å². The van der Waals surface area contributed by atoms with E-state index in [4.69, 9.17) is 11.1 Å². The van der Waals surface area contributed by atoms with Gasteiger partial charge in [0.15, 0.2) is 0 Å². The van der Waals surface area contributed by atoms with Gasteiger partial charge in [0.2, 0.25) is 5.91 Å². The summed E-state index contributed by atoms with van der Waals surface area (Å²) in [5.74, 6) is -0.402. The molecule has 3 heteroatoms. The normalized spacial score (nSPS) is 9.30. The van der Waals surface area contributed by atoms with Crippen LogP contribution in [0.3, 0.4) is 0 Å². The van der Waals surface area contributed by atoms with Gasteiger partial charge in [-0.15, -0.1) is 0 Å². The zero-order valence-corrected chi connectivity index (χ0v) is 6.31. The first-order valence-electron chi connectivity index (χ1n) is 3.51. The van der Waals surface area contributed by atoms with Crippen LogP contribution in [0.5, 0.6) is 0 Å². The minimum Gasteiger partial charge on any atom is -0.369 e. The fourth-order valence-corrected chi connectivity index (χ4v) is 0.689. The first-order valence-corrected chi connectivity index (χ1v) is 3.51. The molecule has 3 nitrogen and oxygen atoms in total. The summed E-state index contributed by atoms with van der Waals surface area (Å²) in [6.07, 6.45) is 2.87. The summed E-state index contributed by atoms with van der Waals surface area (Å²) < 4.78 is 0. The van der Waals surface area contributed by atoms with Crippen molar-refractivity contribution in [2.24, 2.45) is 5.73 Å². The second kappa shape index (κ2) is 4.97. The predicted molar refractivity (Wildman–Crippen MR) is 41.1 cm³/mol. The van der Waals surface area contributed by atoms with Gasteiger partial charge in [0.05, 0.1) is 6.42 Å². The van der Waals surface area contributed by atoms with Crippen molar-refractivity contribution in [2.45, 2.75) is 32.6 Å². The van der Waals surface area contributed by atoms with Crippen molar-refractivity contribution in [3.63, 3.8) is 0 Å². The average Bonchev–Trinajstić information content (AvgIpc) is 1.82. The van der Waals surface area contributed by atoms with Crippen LogP contribution in [0, 0.1) is 5.41 Å². The first-order chi connectivity index (χ1) is 4.66. The third kappa shape index (κ3) is 5.28. The molecule has 0 spiro atoms. The molecule has 3 N–H and O–H groups in total. The molecule has 0 unspecified atom stereocenters. The average molecular weight is 142 g/mol. The number of nitrogens with two attached hydrogens (primary N) is 1. The third-order valence-corrected chi connectivity index (χ3v) is 1.22. The van der Waals surface area contributed by atoms with Crippen LogP contribution in [0.4, 0.5) is 0 Å². The second-order valence-electron chi connectivity index (χ2n) is 2.35. The molecule has 1 amide bonds. The van der Waals surface area contributed by atoms with E-state index in [9.17, 15) is 4.79 Å². The summed E-state index contributed by atoms with van der Waals surface area (Å²) in [5.41, 5.74) is 5.34. The molecule has 0 aromatic rings. The van der Waals surface area contributed by atoms with Crippen LogP contribution in [-0.4, -0.2) is 11.6 Å². The number of unbranched alkanes of at least 4 members (excludes halogenated alkanes) is 1. The summed E-state index contributed by atoms with van der Waals surface area (Å²) in [7, 11) is 0. The molecule has 0 saturated carbocycles. The molecule has 58 valence electrons. The minimum absolute atomic E-state index is 0.125. The summed E-state index contributed by atoms with van der Waals surface area (Å²) in [6, 6.07) is 0. The maximum atomic E-state index is 10.3. The summed E-state index contributed by atoms with van der Waals surface area (Å²) in [5, 5.41) is 7.22. The molecule has 0 aliphatic carbocycles. The van der Waals surface area contributed by atoms with E-state index in [1.807, 2.05) is 0 Å². The monoisotopic (exact) mass is 142 g/mol. The largest absolute Gasteiger partial charge is 0.369 e. The van der Waals surface area contributed by atoms with Crippen LogP contribution in [0.15, 0.2) is 0 Å². The number of nitrogens with one attached hydrogen (secondary N) is 1. The van der Waals surface area contributed by atoms with Gasteiger partial charge in [-0.25, -0.2) is 0 Å². The Kier molecular flexibility index (Phi) is 4.54. The number of amides is 1. The lowest BCUT2D eigenvalue weighted by atomic mass is 10.1. The van der Waals surface area contributed by atoms with E-state index in [-0.39, 0.29) is 6.42 Å². The highest BCUT2D eigenvalue weighted by molar-refractivity contribution is 5.98. The Bertz CT molecular complexity index is 132. The van der Waals surface area contributed by atoms with Crippen LogP contribution in [0.2, 0.25) is 0 Å². The number of carbonyl (C=O) groups excluding carboxylic acids is 1. The van der Waals surface area contributed by atoms with E-state index in [1.165, 1.54) is 0 Å². The SMILES string of the molecule is CCCCC(=N)CC(N)=O. The fourth-order valence-electron chi connectivity index (χ4n) is 0.689. The molecule has 0 bridgehead atoms. The van der Waals surface area contributed by atoms with Gasteiger partial charge in [0, 0.05) is 5.71 Å². The van der Waals surface area contributed by atoms with Gasteiger partial charge in [0.25, 0.3) is 0 Å². The van der Waals surface area contributed by atoms with E-state index in [2.05, 4.69) is 6.92 Å². The van der Waals surface area contributed by atoms with Crippen LogP contribution in [0.1, 0.15) is 32.6 Å². The zero-order chi connectivity index (χ0) is 7.98. The van der Waals surface area contributed by atoms with Crippen molar-refractivity contribution in [1.82, 2.24) is 0 Å². The van der Waals surface area contributed by atoms with Crippen molar-refractivity contribution >= 4 is 11.6 Å². The number of carbonyl (C=O) groups is 1. The molecule has 0 heterocycles. The van der Waals surface area contributed by atoms with Crippen molar-refractivity contribution < 1.29 is 4.79 Å². The molecule has 0 aromatic carbocycles. The maximum Gasteiger partial charge on any atom is 0.223 e. The molecule has 0 aromatic heterocycles. The molecular formula is C7H14N2O. The fraction of sp³-hybridized carbons (Fsp3) is 0.714.